The second-order valence-corrected chi connectivity index (χ2v) is 8.01. The highest BCUT2D eigenvalue weighted by Gasteiger charge is 2.27. The Morgan fingerprint density at radius 2 is 2.12 bits per heavy atom. The molecule has 25 heavy (non-hydrogen) atoms. The number of hydrogen-bond donors (Lipinski definition) is 3. The normalized spacial score (nSPS) is 18.0. The van der Waals surface area contributed by atoms with Gasteiger partial charge in [-0.15, -0.1) is 0 Å². The van der Waals surface area contributed by atoms with Crippen molar-refractivity contribution in [3.05, 3.63) is 28.5 Å². The van der Waals surface area contributed by atoms with Gasteiger partial charge in [-0.25, -0.2) is 9.18 Å². The van der Waals surface area contributed by atoms with Gasteiger partial charge in [0, 0.05) is 42.1 Å². The average molecular weight is 415 g/mol. The molecule has 8 heteroatoms. The Labute approximate surface area is 155 Å². The smallest absolute Gasteiger partial charge is 0.317 e. The predicted molar refractivity (Wildman–Crippen MR) is 99.0 cm³/mol. The predicted octanol–water partition coefficient (Wildman–Crippen LogP) is 2.70. The lowest BCUT2D eigenvalue weighted by Gasteiger charge is -2.35. The fourth-order valence-electron chi connectivity index (χ4n) is 2.56. The number of piperazine rings is 1. The molecule has 138 valence electrons. The number of amides is 3. The van der Waals surface area contributed by atoms with Crippen LogP contribution in [0.1, 0.15) is 27.2 Å². The third-order valence-electron chi connectivity index (χ3n) is 3.66. The van der Waals surface area contributed by atoms with E-state index in [2.05, 4.69) is 31.9 Å². The lowest BCUT2D eigenvalue weighted by atomic mass is 10.1. The molecule has 2 rings (SSSR count). The fraction of sp³-hybridized carbons (Fsp3) is 0.529. The monoisotopic (exact) mass is 414 g/mol. The largest absolute Gasteiger partial charge is 0.333 e. The van der Waals surface area contributed by atoms with Crippen molar-refractivity contribution in [1.29, 1.82) is 0 Å². The summed E-state index contributed by atoms with van der Waals surface area (Å²) in [5.74, 6) is -0.567. The van der Waals surface area contributed by atoms with Gasteiger partial charge < -0.3 is 20.9 Å². The minimum absolute atomic E-state index is 0.124. The summed E-state index contributed by atoms with van der Waals surface area (Å²) in [6.07, 6.45) is 0.225. The molecule has 1 fully saturated rings. The Morgan fingerprint density at radius 1 is 1.40 bits per heavy atom. The Hall–Kier alpha value is -1.67. The third kappa shape index (κ3) is 6.28. The topological polar surface area (TPSA) is 73.5 Å². The summed E-state index contributed by atoms with van der Waals surface area (Å²) in [7, 11) is 0. The molecule has 1 saturated heterocycles. The summed E-state index contributed by atoms with van der Waals surface area (Å²) < 4.78 is 13.6. The van der Waals surface area contributed by atoms with Crippen molar-refractivity contribution >= 4 is 33.6 Å². The number of nitrogens with zero attached hydrogens (tertiary/aromatic N) is 1. The summed E-state index contributed by atoms with van der Waals surface area (Å²) in [6, 6.07) is 3.85. The highest BCUT2D eigenvalue weighted by Crippen LogP contribution is 2.23. The lowest BCUT2D eigenvalue weighted by Crippen LogP contribution is -2.58. The second-order valence-electron chi connectivity index (χ2n) is 7.15. The van der Waals surface area contributed by atoms with Crippen molar-refractivity contribution < 1.29 is 14.0 Å². The maximum Gasteiger partial charge on any atom is 0.317 e. The molecule has 0 spiro atoms. The Morgan fingerprint density at radius 3 is 2.76 bits per heavy atom. The Bertz CT molecular complexity index is 648. The number of carbonyl (C=O) groups excluding carboxylic acids is 2. The summed E-state index contributed by atoms with van der Waals surface area (Å²) >= 11 is 3.23. The number of halogens is 2. The number of rotatable bonds is 3. The summed E-state index contributed by atoms with van der Waals surface area (Å²) in [5, 5.41) is 8.94. The molecular weight excluding hydrogens is 391 g/mol. The zero-order chi connectivity index (χ0) is 18.6. The minimum atomic E-state index is -0.376. The van der Waals surface area contributed by atoms with Gasteiger partial charge in [0.25, 0.3) is 0 Å². The fourth-order valence-corrected chi connectivity index (χ4v) is 3.01. The highest BCUT2D eigenvalue weighted by atomic mass is 79.9. The van der Waals surface area contributed by atoms with Gasteiger partial charge in [0.2, 0.25) is 5.91 Å². The van der Waals surface area contributed by atoms with Gasteiger partial charge in [-0.1, -0.05) is 0 Å². The van der Waals surface area contributed by atoms with Crippen molar-refractivity contribution in [3.63, 3.8) is 0 Å². The summed E-state index contributed by atoms with van der Waals surface area (Å²) in [5.41, 5.74) is 0.216. The molecule has 0 bridgehead atoms. The zero-order valence-corrected chi connectivity index (χ0v) is 16.2. The molecule has 3 amide bonds. The second kappa shape index (κ2) is 8.14. The standard InChI is InChI=1S/C17H24BrFN4O2/c1-17(2,3)22-16(25)23-7-6-20-12(10-23)9-15(24)21-14-5-4-11(19)8-13(14)18/h4-5,8,12,20H,6-7,9-10H2,1-3H3,(H,21,24)(H,22,25). The van der Waals surface area contributed by atoms with Crippen molar-refractivity contribution in [2.75, 3.05) is 25.0 Å². The first-order chi connectivity index (χ1) is 11.6. The van der Waals surface area contributed by atoms with Crippen molar-refractivity contribution in [2.45, 2.75) is 38.8 Å². The Balaban J connectivity index is 1.89. The van der Waals surface area contributed by atoms with Crippen molar-refractivity contribution in [3.8, 4) is 0 Å². The van der Waals surface area contributed by atoms with Crippen molar-refractivity contribution in [1.82, 2.24) is 15.5 Å². The first-order valence-electron chi connectivity index (χ1n) is 8.19. The van der Waals surface area contributed by atoms with E-state index in [-0.39, 0.29) is 35.8 Å². The van der Waals surface area contributed by atoms with Gasteiger partial charge in [0.15, 0.2) is 0 Å². The first kappa shape index (κ1) is 19.7. The lowest BCUT2D eigenvalue weighted by molar-refractivity contribution is -0.116. The molecule has 0 aliphatic carbocycles. The number of carbonyl (C=O) groups is 2. The van der Waals surface area contributed by atoms with Crippen LogP contribution in [0.4, 0.5) is 14.9 Å². The maximum atomic E-state index is 13.1. The molecule has 0 aromatic heterocycles. The molecular formula is C17H24BrFN4O2. The molecule has 6 nitrogen and oxygen atoms in total. The molecule has 1 heterocycles. The van der Waals surface area contributed by atoms with Crippen LogP contribution in [0.25, 0.3) is 0 Å². The molecule has 3 N–H and O–H groups in total. The molecule has 0 radical (unpaired) electrons. The molecule has 1 atom stereocenters. The van der Waals surface area contributed by atoms with Gasteiger partial charge in [0.1, 0.15) is 5.82 Å². The van der Waals surface area contributed by atoms with Crippen LogP contribution >= 0.6 is 15.9 Å². The quantitative estimate of drug-likeness (QED) is 0.711. The van der Waals surface area contributed by atoms with Gasteiger partial charge >= 0.3 is 6.03 Å². The van der Waals surface area contributed by atoms with Crippen LogP contribution < -0.4 is 16.0 Å². The highest BCUT2D eigenvalue weighted by molar-refractivity contribution is 9.10. The number of nitrogens with one attached hydrogen (secondary N) is 3. The van der Waals surface area contributed by atoms with Gasteiger partial charge in [-0.2, -0.15) is 0 Å². The molecule has 1 unspecified atom stereocenters. The third-order valence-corrected chi connectivity index (χ3v) is 4.32. The van der Waals surface area contributed by atoms with Crippen LogP contribution in [0, 0.1) is 5.82 Å². The molecule has 1 aliphatic rings. The van der Waals surface area contributed by atoms with E-state index in [1.54, 1.807) is 4.90 Å². The summed E-state index contributed by atoms with van der Waals surface area (Å²) in [6.45, 7) is 7.48. The van der Waals surface area contributed by atoms with Gasteiger partial charge in [-0.3, -0.25) is 4.79 Å². The van der Waals surface area contributed by atoms with E-state index in [1.807, 2.05) is 20.8 Å². The van der Waals surface area contributed by atoms with E-state index in [9.17, 15) is 14.0 Å². The van der Waals surface area contributed by atoms with E-state index in [4.69, 9.17) is 0 Å². The molecule has 1 aromatic carbocycles. The molecule has 1 aliphatic heterocycles. The minimum Gasteiger partial charge on any atom is -0.333 e. The summed E-state index contributed by atoms with van der Waals surface area (Å²) in [4.78, 5) is 26.2. The molecule has 0 saturated carbocycles. The number of benzene rings is 1. The van der Waals surface area contributed by atoms with Gasteiger partial charge in [-0.05, 0) is 54.9 Å². The molecule has 1 aromatic rings. The first-order valence-corrected chi connectivity index (χ1v) is 8.99. The average Bonchev–Trinajstić information content (AvgIpc) is 2.48. The van der Waals surface area contributed by atoms with Crippen LogP contribution in [0.3, 0.4) is 0 Å². The van der Waals surface area contributed by atoms with E-state index in [1.165, 1.54) is 18.2 Å². The Kier molecular flexibility index (Phi) is 6.40. The van der Waals surface area contributed by atoms with Crippen LogP contribution in [-0.2, 0) is 4.79 Å². The maximum absolute atomic E-state index is 13.1. The van der Waals surface area contributed by atoms with E-state index < -0.39 is 0 Å². The van der Waals surface area contributed by atoms with E-state index in [0.717, 1.165) is 0 Å². The zero-order valence-electron chi connectivity index (χ0n) is 14.7. The van der Waals surface area contributed by atoms with Crippen LogP contribution in [0.15, 0.2) is 22.7 Å². The van der Waals surface area contributed by atoms with Crippen LogP contribution in [0.5, 0.6) is 0 Å². The van der Waals surface area contributed by atoms with E-state index in [0.29, 0.717) is 29.8 Å². The van der Waals surface area contributed by atoms with Gasteiger partial charge in [0.05, 0.1) is 5.69 Å². The van der Waals surface area contributed by atoms with Crippen LogP contribution in [0.2, 0.25) is 0 Å². The number of anilines is 1. The van der Waals surface area contributed by atoms with Crippen LogP contribution in [-0.4, -0.2) is 48.1 Å². The number of urea groups is 1. The van der Waals surface area contributed by atoms with E-state index >= 15 is 0 Å². The van der Waals surface area contributed by atoms with Crippen molar-refractivity contribution in [2.24, 2.45) is 0 Å². The SMILES string of the molecule is CC(C)(C)NC(=O)N1CCNC(CC(=O)Nc2ccc(F)cc2Br)C1. The number of hydrogen-bond acceptors (Lipinski definition) is 3.